The van der Waals surface area contributed by atoms with E-state index in [0.717, 1.165) is 11.3 Å². The first-order valence-electron chi connectivity index (χ1n) is 12.9. The monoisotopic (exact) mass is 603 g/mol. The molecule has 2 aliphatic rings. The Bertz CT molecular complexity index is 1720. The number of rotatable bonds is 8. The number of imide groups is 1. The molecule has 42 heavy (non-hydrogen) atoms. The Kier molecular flexibility index (Phi) is 7.48. The molecule has 0 saturated carbocycles. The number of thioether (sulfide) groups is 1. The normalized spacial score (nSPS) is 19.2. The number of hydrogen-bond donors (Lipinski definition) is 2. The van der Waals surface area contributed by atoms with Crippen molar-refractivity contribution in [1.29, 1.82) is 0 Å². The summed E-state index contributed by atoms with van der Waals surface area (Å²) >= 11 is 2.25. The molecule has 2 unspecified atom stereocenters. The van der Waals surface area contributed by atoms with E-state index in [1.807, 2.05) is 6.07 Å². The van der Waals surface area contributed by atoms with Crippen LogP contribution < -0.4 is 29.3 Å². The number of methoxy groups -OCH3 is 2. The summed E-state index contributed by atoms with van der Waals surface area (Å²) in [7, 11) is 3.04. The van der Waals surface area contributed by atoms with Crippen molar-refractivity contribution in [3.8, 4) is 17.2 Å². The number of aromatic amines is 1. The van der Waals surface area contributed by atoms with E-state index in [2.05, 4.69) is 10.3 Å². The van der Waals surface area contributed by atoms with Crippen molar-refractivity contribution in [3.63, 3.8) is 0 Å². The van der Waals surface area contributed by atoms with Gasteiger partial charge in [-0.3, -0.25) is 19.2 Å². The molecular weight excluding hydrogens is 578 g/mol. The van der Waals surface area contributed by atoms with Gasteiger partial charge in [-0.05, 0) is 54.1 Å². The number of fused-ring (bicyclic) bond motifs is 2. The van der Waals surface area contributed by atoms with E-state index in [4.69, 9.17) is 14.2 Å². The molecular formula is C30H25N3O7S2. The van der Waals surface area contributed by atoms with Crippen molar-refractivity contribution < 1.29 is 28.6 Å². The van der Waals surface area contributed by atoms with Gasteiger partial charge in [0.2, 0.25) is 11.8 Å². The molecule has 12 heteroatoms. The van der Waals surface area contributed by atoms with E-state index in [1.54, 1.807) is 73.8 Å². The molecule has 0 radical (unpaired) electrons. The first kappa shape index (κ1) is 27.6. The molecule has 4 aromatic rings. The molecule has 1 saturated heterocycles. The van der Waals surface area contributed by atoms with Gasteiger partial charge in [0.15, 0.2) is 18.1 Å². The zero-order valence-corrected chi connectivity index (χ0v) is 24.1. The Morgan fingerprint density at radius 3 is 2.40 bits per heavy atom. The number of carbonyl (C=O) groups is 3. The molecule has 214 valence electrons. The first-order chi connectivity index (χ1) is 20.4. The maximum atomic E-state index is 13.8. The smallest absolute Gasteiger partial charge is 0.305 e. The highest BCUT2D eigenvalue weighted by Crippen LogP contribution is 2.53. The number of hydrogen-bond acceptors (Lipinski definition) is 9. The van der Waals surface area contributed by atoms with Crippen LogP contribution in [0.4, 0.5) is 11.4 Å². The number of thiazole rings is 1. The van der Waals surface area contributed by atoms with Gasteiger partial charge in [-0.15, -0.1) is 0 Å². The standard InChI is InChI=1S/C30H25N3O7S2/c1-38-19-11-9-17(10-12-19)31-22(34)15-40-20-13-8-16(14-21(20)39-2)23-24-26(41-27-25(23)42-30(37)32-27)29(36)33(28(24)35)18-6-4-3-5-7-18/h3-14,23-24,26H,15H2,1-2H3,(H,31,34)(H,32,37)/t23-,24?,26?/m1/s1. The number of carbonyl (C=O) groups excluding carboxylic acids is 3. The van der Waals surface area contributed by atoms with Crippen LogP contribution in [-0.4, -0.2) is 48.8 Å². The highest BCUT2D eigenvalue weighted by atomic mass is 32.2. The predicted molar refractivity (Wildman–Crippen MR) is 159 cm³/mol. The average Bonchev–Trinajstić information content (AvgIpc) is 3.50. The minimum Gasteiger partial charge on any atom is -0.497 e. The van der Waals surface area contributed by atoms with Crippen LogP contribution in [0.1, 0.15) is 16.4 Å². The van der Waals surface area contributed by atoms with E-state index >= 15 is 0 Å². The molecule has 0 bridgehead atoms. The van der Waals surface area contributed by atoms with Gasteiger partial charge in [0.1, 0.15) is 11.0 Å². The van der Waals surface area contributed by atoms with Crippen LogP contribution in [0.15, 0.2) is 82.6 Å². The molecule has 3 heterocycles. The third kappa shape index (κ3) is 5.03. The second kappa shape index (κ2) is 11.4. The fourth-order valence-electron chi connectivity index (χ4n) is 5.22. The molecule has 10 nitrogen and oxygen atoms in total. The molecule has 0 spiro atoms. The van der Waals surface area contributed by atoms with Crippen molar-refractivity contribution >= 4 is 52.2 Å². The summed E-state index contributed by atoms with van der Waals surface area (Å²) in [5.74, 6) is -0.956. The third-order valence-electron chi connectivity index (χ3n) is 7.12. The number of ether oxygens (including phenoxy) is 3. The zero-order valence-electron chi connectivity index (χ0n) is 22.5. The van der Waals surface area contributed by atoms with E-state index in [1.165, 1.54) is 23.8 Å². The fourth-order valence-corrected chi connectivity index (χ4v) is 7.73. The summed E-state index contributed by atoms with van der Waals surface area (Å²) in [6.45, 7) is -0.269. The molecule has 3 amide bonds. The lowest BCUT2D eigenvalue weighted by atomic mass is 9.83. The topological polar surface area (TPSA) is 127 Å². The summed E-state index contributed by atoms with van der Waals surface area (Å²) in [5.41, 5.74) is 1.79. The number of para-hydroxylation sites is 1. The second-order valence-electron chi connectivity index (χ2n) is 9.57. The van der Waals surface area contributed by atoms with Gasteiger partial charge in [-0.2, -0.15) is 0 Å². The number of benzene rings is 3. The average molecular weight is 604 g/mol. The third-order valence-corrected chi connectivity index (χ3v) is 9.52. The summed E-state index contributed by atoms with van der Waals surface area (Å²) in [6, 6.07) is 20.9. The van der Waals surface area contributed by atoms with Gasteiger partial charge in [-0.1, -0.05) is 47.4 Å². The minimum atomic E-state index is -0.728. The second-order valence-corrected chi connectivity index (χ2v) is 11.7. The largest absolute Gasteiger partial charge is 0.497 e. The quantitative estimate of drug-likeness (QED) is 0.286. The highest BCUT2D eigenvalue weighted by Gasteiger charge is 2.56. The Hall–Kier alpha value is -4.55. The van der Waals surface area contributed by atoms with E-state index in [9.17, 15) is 19.2 Å². The molecule has 1 aromatic heterocycles. The molecule has 2 N–H and O–H groups in total. The molecule has 6 rings (SSSR count). The number of amides is 3. The molecule has 0 aliphatic carbocycles. The van der Waals surface area contributed by atoms with Crippen molar-refractivity contribution in [3.05, 3.63) is 92.9 Å². The summed E-state index contributed by atoms with van der Waals surface area (Å²) < 4.78 is 16.5. The van der Waals surface area contributed by atoms with E-state index in [-0.39, 0.29) is 29.2 Å². The molecule has 3 atom stereocenters. The minimum absolute atomic E-state index is 0.257. The van der Waals surface area contributed by atoms with Gasteiger partial charge < -0.3 is 24.5 Å². The summed E-state index contributed by atoms with van der Waals surface area (Å²) in [4.78, 5) is 56.8. The van der Waals surface area contributed by atoms with Crippen molar-refractivity contribution in [2.24, 2.45) is 5.92 Å². The summed E-state index contributed by atoms with van der Waals surface area (Å²) in [6.07, 6.45) is 0. The Morgan fingerprint density at radius 2 is 1.69 bits per heavy atom. The van der Waals surface area contributed by atoms with E-state index < -0.39 is 17.1 Å². The van der Waals surface area contributed by atoms with Crippen molar-refractivity contribution in [1.82, 2.24) is 4.98 Å². The lowest BCUT2D eigenvalue weighted by Crippen LogP contribution is -2.32. The van der Waals surface area contributed by atoms with Gasteiger partial charge >= 0.3 is 4.87 Å². The van der Waals surface area contributed by atoms with Crippen LogP contribution >= 0.6 is 23.1 Å². The number of H-pyrrole nitrogens is 1. The predicted octanol–water partition coefficient (Wildman–Crippen LogP) is 4.27. The fraction of sp³-hybridized carbons (Fsp3) is 0.200. The Morgan fingerprint density at radius 1 is 0.929 bits per heavy atom. The van der Waals surface area contributed by atoms with E-state index in [0.29, 0.717) is 44.1 Å². The Labute approximate surface area is 248 Å². The zero-order chi connectivity index (χ0) is 29.4. The van der Waals surface area contributed by atoms with Crippen LogP contribution in [0.2, 0.25) is 0 Å². The summed E-state index contributed by atoms with van der Waals surface area (Å²) in [5, 5.41) is 2.64. The van der Waals surface area contributed by atoms with Gasteiger partial charge in [-0.25, -0.2) is 4.90 Å². The lowest BCUT2D eigenvalue weighted by Gasteiger charge is -2.30. The number of aromatic nitrogens is 1. The van der Waals surface area contributed by atoms with Gasteiger partial charge in [0.05, 0.1) is 30.9 Å². The first-order valence-corrected chi connectivity index (χ1v) is 14.6. The highest BCUT2D eigenvalue weighted by molar-refractivity contribution is 8.00. The van der Waals surface area contributed by atoms with Gasteiger partial charge in [0.25, 0.3) is 5.91 Å². The maximum Gasteiger partial charge on any atom is 0.305 e. The molecule has 1 fully saturated rings. The van der Waals surface area contributed by atoms with Crippen LogP contribution in [0.3, 0.4) is 0 Å². The molecule has 3 aromatic carbocycles. The SMILES string of the molecule is COc1ccc(NC(=O)COc2ccc([C@H]3c4sc(=O)[nH]c4SC4C(=O)N(c5ccccc5)C(=O)C43)cc2OC)cc1. The molecule has 2 aliphatic heterocycles. The van der Waals surface area contributed by atoms with Crippen LogP contribution in [0.25, 0.3) is 0 Å². The van der Waals surface area contributed by atoms with Crippen molar-refractivity contribution in [2.75, 3.05) is 31.0 Å². The number of anilines is 2. The van der Waals surface area contributed by atoms with Crippen molar-refractivity contribution in [2.45, 2.75) is 16.2 Å². The Balaban J connectivity index is 1.27. The lowest BCUT2D eigenvalue weighted by molar-refractivity contribution is -0.122. The number of nitrogens with one attached hydrogen (secondary N) is 2. The van der Waals surface area contributed by atoms with Crippen LogP contribution in [0, 0.1) is 5.92 Å². The maximum absolute atomic E-state index is 13.8. The number of nitrogens with zero attached hydrogens (tertiary/aromatic N) is 1. The van der Waals surface area contributed by atoms with Crippen LogP contribution in [0.5, 0.6) is 17.2 Å². The van der Waals surface area contributed by atoms with Gasteiger partial charge in [0, 0.05) is 16.5 Å². The van der Waals surface area contributed by atoms with Crippen LogP contribution in [-0.2, 0) is 14.4 Å².